The fraction of sp³-hybridized carbons (Fsp3) is 0.273. The Bertz CT molecular complexity index is 1020. The maximum absolute atomic E-state index is 12.8. The average molecular weight is 446 g/mol. The van der Waals surface area contributed by atoms with Crippen molar-refractivity contribution in [2.75, 3.05) is 6.79 Å². The number of carbonyl (C=O) groups is 2. The first-order chi connectivity index (χ1) is 14.4. The molecule has 0 N–H and O–H groups in total. The zero-order valence-electron chi connectivity index (χ0n) is 16.5. The molecule has 0 spiro atoms. The molecule has 2 aromatic rings. The molecule has 1 atom stereocenters. The lowest BCUT2D eigenvalue weighted by molar-refractivity contribution is -0.123. The molecule has 0 saturated carbocycles. The Kier molecular flexibility index (Phi) is 5.92. The number of carbonyl (C=O) groups excluding carboxylic acids is 2. The predicted octanol–water partition coefficient (Wildman–Crippen LogP) is 5.48. The van der Waals surface area contributed by atoms with Crippen LogP contribution in [0, 0.1) is 0 Å². The van der Waals surface area contributed by atoms with Crippen molar-refractivity contribution in [3.63, 3.8) is 0 Å². The maximum Gasteiger partial charge on any atom is 0.293 e. The van der Waals surface area contributed by atoms with Gasteiger partial charge in [-0.05, 0) is 60.5 Å². The third-order valence-electron chi connectivity index (χ3n) is 4.83. The molecule has 2 amide bonds. The molecule has 0 bridgehead atoms. The number of hydrogen-bond acceptors (Lipinski definition) is 6. The highest BCUT2D eigenvalue weighted by Gasteiger charge is 2.35. The summed E-state index contributed by atoms with van der Waals surface area (Å²) in [5, 5.41) is 0.0795. The minimum atomic E-state index is -0.348. The normalized spacial score (nSPS) is 17.7. The Balaban J connectivity index is 1.49. The van der Waals surface area contributed by atoms with E-state index in [1.807, 2.05) is 31.2 Å². The quantitative estimate of drug-likeness (QED) is 0.548. The molecule has 6 nitrogen and oxygen atoms in total. The van der Waals surface area contributed by atoms with Crippen LogP contribution in [0.5, 0.6) is 17.2 Å². The summed E-state index contributed by atoms with van der Waals surface area (Å²) in [6, 6.07) is 10.8. The Morgan fingerprint density at radius 2 is 1.90 bits per heavy atom. The van der Waals surface area contributed by atoms with Gasteiger partial charge < -0.3 is 14.2 Å². The van der Waals surface area contributed by atoms with Gasteiger partial charge in [0.15, 0.2) is 11.5 Å². The highest BCUT2D eigenvalue weighted by molar-refractivity contribution is 8.18. The number of ether oxygens (including phenoxy) is 3. The summed E-state index contributed by atoms with van der Waals surface area (Å²) < 4.78 is 16.4. The molecule has 2 aliphatic rings. The first-order valence-corrected chi connectivity index (χ1v) is 10.7. The number of nitrogens with zero attached hydrogens (tertiary/aromatic N) is 1. The number of rotatable bonds is 6. The number of halogens is 1. The third-order valence-corrected chi connectivity index (χ3v) is 6.09. The monoisotopic (exact) mass is 445 g/mol. The second kappa shape index (κ2) is 8.62. The summed E-state index contributed by atoms with van der Waals surface area (Å²) in [4.78, 5) is 26.8. The molecule has 1 fully saturated rings. The van der Waals surface area contributed by atoms with Gasteiger partial charge in [0, 0.05) is 11.1 Å². The van der Waals surface area contributed by atoms with E-state index in [2.05, 4.69) is 6.92 Å². The largest absolute Gasteiger partial charge is 0.491 e. The molecule has 1 saturated heterocycles. The molecule has 2 aliphatic heterocycles. The number of benzene rings is 2. The van der Waals surface area contributed by atoms with Gasteiger partial charge in [-0.25, -0.2) is 0 Å². The van der Waals surface area contributed by atoms with E-state index in [4.69, 9.17) is 25.8 Å². The highest BCUT2D eigenvalue weighted by atomic mass is 35.5. The van der Waals surface area contributed by atoms with Crippen LogP contribution in [0.25, 0.3) is 6.08 Å². The standard InChI is InChI=1S/C22H20ClNO5S/c1-3-13(2)29-16-6-4-14(5-7-16)8-20-21(25)24(22(26)30-20)11-15-9-18-19(10-17(15)23)28-12-27-18/h4-10,13H,3,11-12H2,1-2H3/b20-8-/t13-/m1/s1. The Morgan fingerprint density at radius 3 is 2.60 bits per heavy atom. The molecule has 0 aliphatic carbocycles. The van der Waals surface area contributed by atoms with Crippen molar-refractivity contribution in [1.29, 1.82) is 0 Å². The first-order valence-electron chi connectivity index (χ1n) is 9.54. The van der Waals surface area contributed by atoms with Crippen molar-refractivity contribution in [2.24, 2.45) is 0 Å². The van der Waals surface area contributed by atoms with Gasteiger partial charge in [0.05, 0.1) is 17.6 Å². The second-order valence-electron chi connectivity index (χ2n) is 6.97. The molecule has 0 radical (unpaired) electrons. The van der Waals surface area contributed by atoms with Crippen molar-refractivity contribution in [2.45, 2.75) is 32.9 Å². The summed E-state index contributed by atoms with van der Waals surface area (Å²) >= 11 is 7.20. The van der Waals surface area contributed by atoms with Crippen LogP contribution in [-0.4, -0.2) is 28.9 Å². The molecule has 8 heteroatoms. The van der Waals surface area contributed by atoms with Gasteiger partial charge in [-0.3, -0.25) is 14.5 Å². The summed E-state index contributed by atoms with van der Waals surface area (Å²) in [5.41, 5.74) is 1.44. The van der Waals surface area contributed by atoms with Gasteiger partial charge in [-0.15, -0.1) is 0 Å². The maximum atomic E-state index is 12.8. The number of thioether (sulfide) groups is 1. The van der Waals surface area contributed by atoms with E-state index in [9.17, 15) is 9.59 Å². The van der Waals surface area contributed by atoms with Crippen LogP contribution in [0.4, 0.5) is 4.79 Å². The molecule has 4 rings (SSSR count). The van der Waals surface area contributed by atoms with E-state index in [1.165, 1.54) is 4.90 Å². The van der Waals surface area contributed by atoms with Crippen LogP contribution in [0.1, 0.15) is 31.4 Å². The van der Waals surface area contributed by atoms with Gasteiger partial charge in [-0.1, -0.05) is 30.7 Å². The molecule has 2 aromatic carbocycles. The van der Waals surface area contributed by atoms with Gasteiger partial charge in [-0.2, -0.15) is 0 Å². The number of hydrogen-bond donors (Lipinski definition) is 0. The molecular formula is C22H20ClNO5S. The number of amides is 2. The topological polar surface area (TPSA) is 65.1 Å². The summed E-state index contributed by atoms with van der Waals surface area (Å²) in [7, 11) is 0. The minimum Gasteiger partial charge on any atom is -0.491 e. The molecule has 0 unspecified atom stereocenters. The van der Waals surface area contributed by atoms with Gasteiger partial charge >= 0.3 is 0 Å². The molecule has 30 heavy (non-hydrogen) atoms. The van der Waals surface area contributed by atoms with E-state index in [-0.39, 0.29) is 30.6 Å². The summed E-state index contributed by atoms with van der Waals surface area (Å²) in [5.74, 6) is 1.53. The van der Waals surface area contributed by atoms with Crippen LogP contribution >= 0.6 is 23.4 Å². The fourth-order valence-electron chi connectivity index (χ4n) is 3.00. The molecular weight excluding hydrogens is 426 g/mol. The van der Waals surface area contributed by atoms with Gasteiger partial charge in [0.1, 0.15) is 5.75 Å². The van der Waals surface area contributed by atoms with E-state index in [0.717, 1.165) is 29.5 Å². The Labute approximate surface area is 183 Å². The van der Waals surface area contributed by atoms with Crippen molar-refractivity contribution in [3.05, 3.63) is 57.5 Å². The van der Waals surface area contributed by atoms with Crippen LogP contribution in [-0.2, 0) is 11.3 Å². The minimum absolute atomic E-state index is 0.0686. The van der Waals surface area contributed by atoms with Crippen LogP contribution in [0.15, 0.2) is 41.3 Å². The van der Waals surface area contributed by atoms with Crippen molar-refractivity contribution in [3.8, 4) is 17.2 Å². The van der Waals surface area contributed by atoms with E-state index in [1.54, 1.807) is 18.2 Å². The van der Waals surface area contributed by atoms with Crippen LogP contribution in [0.2, 0.25) is 5.02 Å². The van der Waals surface area contributed by atoms with E-state index >= 15 is 0 Å². The van der Waals surface area contributed by atoms with E-state index < -0.39 is 0 Å². The van der Waals surface area contributed by atoms with Crippen molar-refractivity contribution < 1.29 is 23.8 Å². The van der Waals surface area contributed by atoms with Gasteiger partial charge in [0.2, 0.25) is 6.79 Å². The second-order valence-corrected chi connectivity index (χ2v) is 8.37. The predicted molar refractivity (Wildman–Crippen MR) is 116 cm³/mol. The summed E-state index contributed by atoms with van der Waals surface area (Å²) in [6.07, 6.45) is 2.76. The van der Waals surface area contributed by atoms with Gasteiger partial charge in [0.25, 0.3) is 11.1 Å². The Morgan fingerprint density at radius 1 is 1.20 bits per heavy atom. The highest BCUT2D eigenvalue weighted by Crippen LogP contribution is 2.39. The number of fused-ring (bicyclic) bond motifs is 1. The van der Waals surface area contributed by atoms with Crippen molar-refractivity contribution >= 4 is 40.6 Å². The number of imide groups is 1. The summed E-state index contributed by atoms with van der Waals surface area (Å²) in [6.45, 7) is 4.27. The fourth-order valence-corrected chi connectivity index (χ4v) is 4.05. The van der Waals surface area contributed by atoms with Crippen LogP contribution < -0.4 is 14.2 Å². The molecule has 0 aromatic heterocycles. The lowest BCUT2D eigenvalue weighted by atomic mass is 10.1. The smallest absolute Gasteiger partial charge is 0.293 e. The lowest BCUT2D eigenvalue weighted by Crippen LogP contribution is -2.27. The zero-order valence-corrected chi connectivity index (χ0v) is 18.1. The van der Waals surface area contributed by atoms with E-state index in [0.29, 0.717) is 27.0 Å². The Hall–Kier alpha value is -2.64. The lowest BCUT2D eigenvalue weighted by Gasteiger charge is -2.14. The van der Waals surface area contributed by atoms with Crippen molar-refractivity contribution in [1.82, 2.24) is 4.90 Å². The third kappa shape index (κ3) is 4.27. The molecule has 2 heterocycles. The first kappa shape index (κ1) is 20.6. The average Bonchev–Trinajstić information content (AvgIpc) is 3.28. The van der Waals surface area contributed by atoms with Crippen LogP contribution in [0.3, 0.4) is 0 Å². The SMILES string of the molecule is CC[C@@H](C)Oc1ccc(/C=C2\SC(=O)N(Cc3cc4c(cc3Cl)OCO4)C2=O)cc1. The molecule has 156 valence electrons. The zero-order chi connectivity index (χ0) is 21.3.